The number of hydrogen-bond donors (Lipinski definition) is 2. The summed E-state index contributed by atoms with van der Waals surface area (Å²) in [5, 5.41) is 9.16. The van der Waals surface area contributed by atoms with Crippen molar-refractivity contribution in [3.63, 3.8) is 0 Å². The van der Waals surface area contributed by atoms with Crippen molar-refractivity contribution in [1.29, 1.82) is 0 Å². The van der Waals surface area contributed by atoms with Crippen LogP contribution in [0.3, 0.4) is 0 Å². The standard InChI is InChI=1S/C11H16N4O2/c1-6-12-11(17-15-6)14-10(16)13-9-5-7-2-3-8(9)4-7/h7-9H,2-5H2,1H3,(H2,12,13,14,15,16)/t7-,8+,9-/m0/s1. The van der Waals surface area contributed by atoms with Crippen LogP contribution in [0.15, 0.2) is 4.52 Å². The van der Waals surface area contributed by atoms with Gasteiger partial charge in [-0.2, -0.15) is 4.98 Å². The molecule has 2 amide bonds. The summed E-state index contributed by atoms with van der Waals surface area (Å²) in [5.74, 6) is 1.99. The molecule has 2 aliphatic carbocycles. The van der Waals surface area contributed by atoms with E-state index in [4.69, 9.17) is 4.52 Å². The average Bonchev–Trinajstić information content (AvgIpc) is 2.95. The third kappa shape index (κ3) is 2.11. The summed E-state index contributed by atoms with van der Waals surface area (Å²) in [5.41, 5.74) is 0. The zero-order chi connectivity index (χ0) is 11.8. The first-order chi connectivity index (χ1) is 8.20. The Morgan fingerprint density at radius 3 is 2.88 bits per heavy atom. The van der Waals surface area contributed by atoms with Gasteiger partial charge in [0.2, 0.25) is 0 Å². The fourth-order valence-electron chi connectivity index (χ4n) is 3.07. The SMILES string of the molecule is Cc1noc(NC(=O)N[C@H]2C[C@H]3CC[C@@H]2C3)n1. The highest BCUT2D eigenvalue weighted by Crippen LogP contribution is 2.44. The van der Waals surface area contributed by atoms with E-state index in [1.54, 1.807) is 6.92 Å². The van der Waals surface area contributed by atoms with E-state index in [1.807, 2.05) is 0 Å². The first kappa shape index (κ1) is 10.6. The molecule has 92 valence electrons. The number of rotatable bonds is 2. The lowest BCUT2D eigenvalue weighted by molar-refractivity contribution is 0.241. The highest BCUT2D eigenvalue weighted by atomic mass is 16.5. The fourth-order valence-corrected chi connectivity index (χ4v) is 3.07. The van der Waals surface area contributed by atoms with Crippen LogP contribution in [0.25, 0.3) is 0 Å². The highest BCUT2D eigenvalue weighted by Gasteiger charge is 2.40. The number of carbonyl (C=O) groups is 1. The molecule has 0 unspecified atom stereocenters. The van der Waals surface area contributed by atoms with Crippen LogP contribution in [0, 0.1) is 18.8 Å². The van der Waals surface area contributed by atoms with Gasteiger partial charge in [-0.15, -0.1) is 0 Å². The second-order valence-corrected chi connectivity index (χ2v) is 5.03. The summed E-state index contributed by atoms with van der Waals surface area (Å²) in [6, 6.07) is 0.229. The number of urea groups is 1. The molecule has 0 aromatic carbocycles. The molecule has 2 bridgehead atoms. The molecule has 2 saturated carbocycles. The molecule has 1 aromatic rings. The Bertz CT molecular complexity index is 431. The summed E-state index contributed by atoms with van der Waals surface area (Å²) in [4.78, 5) is 15.6. The number of nitrogens with zero attached hydrogens (tertiary/aromatic N) is 2. The van der Waals surface area contributed by atoms with Crippen LogP contribution >= 0.6 is 0 Å². The van der Waals surface area contributed by atoms with Gasteiger partial charge in [0, 0.05) is 6.04 Å². The van der Waals surface area contributed by atoms with E-state index >= 15 is 0 Å². The minimum Gasteiger partial charge on any atom is -0.335 e. The van der Waals surface area contributed by atoms with E-state index in [2.05, 4.69) is 20.8 Å². The van der Waals surface area contributed by atoms with Crippen molar-refractivity contribution in [2.75, 3.05) is 5.32 Å². The average molecular weight is 236 g/mol. The van der Waals surface area contributed by atoms with E-state index < -0.39 is 0 Å². The number of aromatic nitrogens is 2. The van der Waals surface area contributed by atoms with Crippen molar-refractivity contribution in [3.05, 3.63) is 5.82 Å². The van der Waals surface area contributed by atoms with Crippen LogP contribution in [0.5, 0.6) is 0 Å². The van der Waals surface area contributed by atoms with Gasteiger partial charge in [-0.05, 0) is 38.0 Å². The second kappa shape index (κ2) is 4.01. The van der Waals surface area contributed by atoms with E-state index in [9.17, 15) is 4.79 Å². The summed E-state index contributed by atoms with van der Waals surface area (Å²) in [6.45, 7) is 1.71. The van der Waals surface area contributed by atoms with Gasteiger partial charge in [-0.3, -0.25) is 5.32 Å². The Kier molecular flexibility index (Phi) is 2.49. The lowest BCUT2D eigenvalue weighted by Gasteiger charge is -2.22. The van der Waals surface area contributed by atoms with Crippen molar-refractivity contribution in [3.8, 4) is 0 Å². The summed E-state index contributed by atoms with van der Waals surface area (Å²) >= 11 is 0. The molecular formula is C11H16N4O2. The van der Waals surface area contributed by atoms with Crippen LogP contribution in [0.4, 0.5) is 10.8 Å². The van der Waals surface area contributed by atoms with Crippen LogP contribution in [0.2, 0.25) is 0 Å². The van der Waals surface area contributed by atoms with Gasteiger partial charge < -0.3 is 9.84 Å². The topological polar surface area (TPSA) is 80.0 Å². The molecular weight excluding hydrogens is 220 g/mol. The van der Waals surface area contributed by atoms with Crippen molar-refractivity contribution >= 4 is 12.0 Å². The quantitative estimate of drug-likeness (QED) is 0.818. The molecule has 1 aromatic heterocycles. The Balaban J connectivity index is 1.54. The lowest BCUT2D eigenvalue weighted by Crippen LogP contribution is -2.41. The molecule has 0 aliphatic heterocycles. The Morgan fingerprint density at radius 1 is 1.41 bits per heavy atom. The van der Waals surface area contributed by atoms with E-state index in [-0.39, 0.29) is 12.0 Å². The monoisotopic (exact) mass is 236 g/mol. The summed E-state index contributed by atoms with van der Waals surface area (Å²) in [7, 11) is 0. The molecule has 6 nitrogen and oxygen atoms in total. The molecule has 0 radical (unpaired) electrons. The third-order valence-corrected chi connectivity index (χ3v) is 3.80. The molecule has 0 saturated heterocycles. The first-order valence-corrected chi connectivity index (χ1v) is 6.08. The predicted octanol–water partition coefficient (Wildman–Crippen LogP) is 1.69. The summed E-state index contributed by atoms with van der Waals surface area (Å²) < 4.78 is 4.83. The largest absolute Gasteiger partial charge is 0.335 e. The maximum Gasteiger partial charge on any atom is 0.329 e. The minimum absolute atomic E-state index is 0.156. The van der Waals surface area contributed by atoms with Crippen molar-refractivity contribution in [1.82, 2.24) is 15.5 Å². The number of carbonyl (C=O) groups excluding carboxylic acids is 1. The molecule has 2 N–H and O–H groups in total. The molecule has 3 rings (SSSR count). The van der Waals surface area contributed by atoms with Crippen LogP contribution in [0.1, 0.15) is 31.5 Å². The lowest BCUT2D eigenvalue weighted by atomic mass is 9.95. The van der Waals surface area contributed by atoms with Crippen molar-refractivity contribution < 1.29 is 9.32 Å². The van der Waals surface area contributed by atoms with E-state index in [0.717, 1.165) is 12.3 Å². The number of fused-ring (bicyclic) bond motifs is 2. The predicted molar refractivity (Wildman–Crippen MR) is 60.4 cm³/mol. The Labute approximate surface area is 99.2 Å². The van der Waals surface area contributed by atoms with Gasteiger partial charge in [0.05, 0.1) is 0 Å². The van der Waals surface area contributed by atoms with Crippen LogP contribution in [-0.4, -0.2) is 22.2 Å². The van der Waals surface area contributed by atoms with Crippen LogP contribution in [-0.2, 0) is 0 Å². The highest BCUT2D eigenvalue weighted by molar-refractivity contribution is 5.87. The normalized spacial score (nSPS) is 30.5. The number of amides is 2. The summed E-state index contributed by atoms with van der Waals surface area (Å²) in [6.07, 6.45) is 4.95. The second-order valence-electron chi connectivity index (χ2n) is 5.03. The van der Waals surface area contributed by atoms with Gasteiger partial charge in [0.25, 0.3) is 0 Å². The zero-order valence-electron chi connectivity index (χ0n) is 9.77. The van der Waals surface area contributed by atoms with E-state index in [1.165, 1.54) is 19.3 Å². The molecule has 0 spiro atoms. The van der Waals surface area contributed by atoms with Crippen molar-refractivity contribution in [2.45, 2.75) is 38.6 Å². The molecule has 17 heavy (non-hydrogen) atoms. The fraction of sp³-hybridized carbons (Fsp3) is 0.727. The molecule has 3 atom stereocenters. The maximum atomic E-state index is 11.7. The molecule has 2 fully saturated rings. The van der Waals surface area contributed by atoms with Gasteiger partial charge >= 0.3 is 12.0 Å². The first-order valence-electron chi connectivity index (χ1n) is 6.08. The molecule has 6 heteroatoms. The van der Waals surface area contributed by atoms with Gasteiger partial charge in [0.15, 0.2) is 5.82 Å². The Morgan fingerprint density at radius 2 is 2.29 bits per heavy atom. The smallest absolute Gasteiger partial charge is 0.329 e. The minimum atomic E-state index is -0.244. The number of aryl methyl sites for hydroxylation is 1. The maximum absolute atomic E-state index is 11.7. The number of nitrogens with one attached hydrogen (secondary N) is 2. The Hall–Kier alpha value is -1.59. The van der Waals surface area contributed by atoms with E-state index in [0.29, 0.717) is 17.8 Å². The van der Waals surface area contributed by atoms with Gasteiger partial charge in [-0.1, -0.05) is 11.6 Å². The van der Waals surface area contributed by atoms with Gasteiger partial charge in [-0.25, -0.2) is 4.79 Å². The molecule has 1 heterocycles. The molecule has 2 aliphatic rings. The number of hydrogen-bond acceptors (Lipinski definition) is 4. The van der Waals surface area contributed by atoms with Gasteiger partial charge in [0.1, 0.15) is 0 Å². The zero-order valence-corrected chi connectivity index (χ0v) is 9.77. The number of anilines is 1. The van der Waals surface area contributed by atoms with Crippen molar-refractivity contribution in [2.24, 2.45) is 11.8 Å². The third-order valence-electron chi connectivity index (χ3n) is 3.80. The van der Waals surface area contributed by atoms with Crippen LogP contribution < -0.4 is 10.6 Å².